The summed E-state index contributed by atoms with van der Waals surface area (Å²) in [5.41, 5.74) is 12.1. The highest BCUT2D eigenvalue weighted by molar-refractivity contribution is 7.21. The van der Waals surface area contributed by atoms with Crippen molar-refractivity contribution in [2.24, 2.45) is 11.1 Å². The molecule has 1 aliphatic heterocycles. The summed E-state index contributed by atoms with van der Waals surface area (Å²) in [6, 6.07) is 8.75. The van der Waals surface area contributed by atoms with E-state index < -0.39 is 0 Å². The van der Waals surface area contributed by atoms with Gasteiger partial charge < -0.3 is 15.2 Å². The lowest BCUT2D eigenvalue weighted by Crippen LogP contribution is -2.44. The van der Waals surface area contributed by atoms with Crippen LogP contribution in [0, 0.1) is 19.3 Å². The van der Waals surface area contributed by atoms with Gasteiger partial charge in [0, 0.05) is 19.1 Å². The van der Waals surface area contributed by atoms with E-state index in [0.29, 0.717) is 0 Å². The molecule has 7 nitrogen and oxygen atoms in total. The summed E-state index contributed by atoms with van der Waals surface area (Å²) in [6.07, 6.45) is 5.06. The highest BCUT2D eigenvalue weighted by Gasteiger charge is 2.46. The van der Waals surface area contributed by atoms with Crippen LogP contribution >= 0.6 is 11.3 Å². The third kappa shape index (κ3) is 2.89. The summed E-state index contributed by atoms with van der Waals surface area (Å²) < 4.78 is 6.28. The number of hydrogen-bond acceptors (Lipinski definition) is 8. The van der Waals surface area contributed by atoms with Gasteiger partial charge in [-0.05, 0) is 49.7 Å². The molecule has 0 saturated carbocycles. The number of piperidine rings is 1. The number of aromatic nitrogens is 4. The van der Waals surface area contributed by atoms with Crippen molar-refractivity contribution < 1.29 is 4.52 Å². The maximum Gasteiger partial charge on any atom is 0.227 e. The number of nitrogens with zero attached hydrogens (tertiary/aromatic N) is 5. The Hall–Kier alpha value is -2.84. The van der Waals surface area contributed by atoms with E-state index in [4.69, 9.17) is 20.2 Å². The second-order valence-corrected chi connectivity index (χ2v) is 9.81. The molecule has 2 aliphatic rings. The average molecular weight is 433 g/mol. The standard InChI is InChI=1S/C23H24N6OS/c1-13-18(14(2)30-28-13)21-26-20-17(31-21)12-25-22(27-20)29-9-7-23(8-10-29)11-15-5-3-4-6-16(15)19(23)24/h3-6,12,19H,7-11,24H2,1-2H3/t19-/m1/s1. The SMILES string of the molecule is Cc1noc(C)c1-c1nc2nc(N3CCC4(CC3)Cc3ccccc3[C@H]4N)ncc2s1. The van der Waals surface area contributed by atoms with Gasteiger partial charge in [-0.25, -0.2) is 9.97 Å². The minimum atomic E-state index is 0.116. The zero-order valence-electron chi connectivity index (χ0n) is 17.6. The highest BCUT2D eigenvalue weighted by atomic mass is 32.1. The van der Waals surface area contributed by atoms with Gasteiger partial charge in [-0.15, -0.1) is 11.3 Å². The van der Waals surface area contributed by atoms with E-state index in [-0.39, 0.29) is 11.5 Å². The van der Waals surface area contributed by atoms with Crippen LogP contribution < -0.4 is 10.6 Å². The van der Waals surface area contributed by atoms with Crippen LogP contribution in [0.3, 0.4) is 0 Å². The molecular formula is C23H24N6OS. The molecule has 0 unspecified atom stereocenters. The van der Waals surface area contributed by atoms with Gasteiger partial charge >= 0.3 is 0 Å². The van der Waals surface area contributed by atoms with Gasteiger partial charge in [0.1, 0.15) is 10.8 Å². The zero-order chi connectivity index (χ0) is 21.2. The fraction of sp³-hybridized carbons (Fsp3) is 0.391. The summed E-state index contributed by atoms with van der Waals surface area (Å²) in [6.45, 7) is 5.67. The number of thiazole rings is 1. The van der Waals surface area contributed by atoms with Crippen molar-refractivity contribution in [3.63, 3.8) is 0 Å². The monoisotopic (exact) mass is 432 g/mol. The molecule has 0 bridgehead atoms. The Balaban J connectivity index is 1.24. The molecule has 8 heteroatoms. The fourth-order valence-corrected chi connectivity index (χ4v) is 6.26. The maximum atomic E-state index is 6.72. The second-order valence-electron chi connectivity index (χ2n) is 8.78. The van der Waals surface area contributed by atoms with E-state index in [1.165, 1.54) is 11.1 Å². The summed E-state index contributed by atoms with van der Waals surface area (Å²) in [5, 5.41) is 4.93. The normalized spacial score (nSPS) is 20.0. The highest BCUT2D eigenvalue weighted by Crippen LogP contribution is 2.50. The second kappa shape index (κ2) is 6.83. The Morgan fingerprint density at radius 1 is 1.16 bits per heavy atom. The molecule has 1 atom stereocenters. The van der Waals surface area contributed by atoms with Crippen LogP contribution in [-0.4, -0.2) is 33.2 Å². The maximum absolute atomic E-state index is 6.72. The molecule has 3 aromatic heterocycles. The topological polar surface area (TPSA) is 94.0 Å². The van der Waals surface area contributed by atoms with E-state index in [9.17, 15) is 0 Å². The van der Waals surface area contributed by atoms with Crippen molar-refractivity contribution in [3.05, 3.63) is 53.0 Å². The first kappa shape index (κ1) is 18.9. The van der Waals surface area contributed by atoms with Crippen molar-refractivity contribution in [1.82, 2.24) is 20.1 Å². The lowest BCUT2D eigenvalue weighted by molar-refractivity contribution is 0.187. The number of anilines is 1. The molecule has 2 N–H and O–H groups in total. The first-order chi connectivity index (χ1) is 15.0. The predicted octanol–water partition coefficient (Wildman–Crippen LogP) is 4.20. The van der Waals surface area contributed by atoms with Gasteiger partial charge in [-0.1, -0.05) is 29.4 Å². The number of fused-ring (bicyclic) bond motifs is 2. The molecule has 0 radical (unpaired) electrons. The Morgan fingerprint density at radius 2 is 1.97 bits per heavy atom. The van der Waals surface area contributed by atoms with Gasteiger partial charge in [0.2, 0.25) is 5.95 Å². The first-order valence-corrected chi connectivity index (χ1v) is 11.5. The van der Waals surface area contributed by atoms with Crippen molar-refractivity contribution in [3.8, 4) is 10.6 Å². The molecule has 4 heterocycles. The van der Waals surface area contributed by atoms with E-state index in [2.05, 4.69) is 39.3 Å². The summed E-state index contributed by atoms with van der Waals surface area (Å²) in [4.78, 5) is 16.5. The molecule has 1 aliphatic carbocycles. The Kier molecular flexibility index (Phi) is 4.16. The molecule has 0 amide bonds. The largest absolute Gasteiger partial charge is 0.361 e. The van der Waals surface area contributed by atoms with E-state index in [1.54, 1.807) is 11.3 Å². The Bertz CT molecular complexity index is 1270. The van der Waals surface area contributed by atoms with Crippen LogP contribution in [0.5, 0.6) is 0 Å². The van der Waals surface area contributed by atoms with Crippen LogP contribution in [0.15, 0.2) is 35.0 Å². The third-order valence-electron chi connectivity index (χ3n) is 7.02. The van der Waals surface area contributed by atoms with Gasteiger partial charge in [-0.3, -0.25) is 0 Å². The molecular weight excluding hydrogens is 408 g/mol. The Morgan fingerprint density at radius 3 is 2.71 bits per heavy atom. The van der Waals surface area contributed by atoms with E-state index in [0.717, 1.165) is 70.7 Å². The summed E-state index contributed by atoms with van der Waals surface area (Å²) >= 11 is 1.58. The quantitative estimate of drug-likeness (QED) is 0.507. The summed E-state index contributed by atoms with van der Waals surface area (Å²) in [7, 11) is 0. The van der Waals surface area contributed by atoms with Crippen molar-refractivity contribution in [2.45, 2.75) is 39.2 Å². The summed E-state index contributed by atoms with van der Waals surface area (Å²) in [5.74, 6) is 1.53. The predicted molar refractivity (Wildman–Crippen MR) is 121 cm³/mol. The molecule has 1 spiro atoms. The van der Waals surface area contributed by atoms with E-state index in [1.807, 2.05) is 20.0 Å². The number of aryl methyl sites for hydroxylation is 2. The first-order valence-electron chi connectivity index (χ1n) is 10.7. The van der Waals surface area contributed by atoms with Crippen LogP contribution in [0.25, 0.3) is 20.9 Å². The molecule has 1 saturated heterocycles. The molecule has 6 rings (SSSR count). The minimum absolute atomic E-state index is 0.116. The smallest absolute Gasteiger partial charge is 0.227 e. The van der Waals surface area contributed by atoms with Crippen molar-refractivity contribution in [2.75, 3.05) is 18.0 Å². The van der Waals surface area contributed by atoms with Gasteiger partial charge in [0.15, 0.2) is 5.65 Å². The van der Waals surface area contributed by atoms with E-state index >= 15 is 0 Å². The van der Waals surface area contributed by atoms with Crippen LogP contribution in [-0.2, 0) is 6.42 Å². The van der Waals surface area contributed by atoms with Gasteiger partial charge in [0.25, 0.3) is 0 Å². The Labute approximate surface area is 184 Å². The fourth-order valence-electron chi connectivity index (χ4n) is 5.23. The average Bonchev–Trinajstić information content (AvgIpc) is 3.42. The van der Waals surface area contributed by atoms with Crippen molar-refractivity contribution >= 4 is 27.6 Å². The van der Waals surface area contributed by atoms with Crippen LogP contribution in [0.2, 0.25) is 0 Å². The lowest BCUT2D eigenvalue weighted by atomic mass is 9.73. The van der Waals surface area contributed by atoms with Crippen molar-refractivity contribution in [1.29, 1.82) is 0 Å². The van der Waals surface area contributed by atoms with Gasteiger partial charge in [0.05, 0.1) is 22.2 Å². The zero-order valence-corrected chi connectivity index (χ0v) is 18.4. The molecule has 1 aromatic carbocycles. The lowest BCUT2D eigenvalue weighted by Gasteiger charge is -2.42. The number of nitrogens with two attached hydrogens (primary N) is 1. The number of rotatable bonds is 2. The molecule has 31 heavy (non-hydrogen) atoms. The van der Waals surface area contributed by atoms with Gasteiger partial charge in [-0.2, -0.15) is 4.98 Å². The molecule has 1 fully saturated rings. The molecule has 158 valence electrons. The van der Waals surface area contributed by atoms with Crippen LogP contribution in [0.1, 0.15) is 41.5 Å². The number of hydrogen-bond donors (Lipinski definition) is 1. The third-order valence-corrected chi connectivity index (χ3v) is 8.02. The molecule has 4 aromatic rings. The number of benzene rings is 1. The minimum Gasteiger partial charge on any atom is -0.361 e. The van der Waals surface area contributed by atoms with Crippen LogP contribution in [0.4, 0.5) is 5.95 Å².